The Balaban J connectivity index is 2.18. The molecule has 0 aliphatic carbocycles. The average Bonchev–Trinajstić information content (AvgIpc) is 2.03. The van der Waals surface area contributed by atoms with Gasteiger partial charge in [0, 0.05) is 18.8 Å². The van der Waals surface area contributed by atoms with Gasteiger partial charge >= 0.3 is 0 Å². The molecule has 0 spiro atoms. The van der Waals surface area contributed by atoms with Crippen LogP contribution in [-0.4, -0.2) is 25.3 Å². The van der Waals surface area contributed by atoms with Gasteiger partial charge in [-0.2, -0.15) is 0 Å². The number of aliphatic imine (C=N–C) groups is 1. The van der Waals surface area contributed by atoms with Crippen molar-refractivity contribution in [2.45, 2.75) is 19.3 Å². The lowest BCUT2D eigenvalue weighted by molar-refractivity contribution is 0.716. The first-order valence-electron chi connectivity index (χ1n) is 3.95. The van der Waals surface area contributed by atoms with Gasteiger partial charge < -0.3 is 5.32 Å². The van der Waals surface area contributed by atoms with Crippen molar-refractivity contribution in [3.8, 4) is 0 Å². The van der Waals surface area contributed by atoms with E-state index >= 15 is 0 Å². The van der Waals surface area contributed by atoms with Crippen molar-refractivity contribution in [1.82, 2.24) is 5.32 Å². The van der Waals surface area contributed by atoms with Crippen LogP contribution in [0, 0.1) is 6.92 Å². The molecule has 0 aromatic rings. The first kappa shape index (κ1) is 7.61. The lowest BCUT2D eigenvalue weighted by atomic mass is 10.1. The molecule has 1 heterocycles. The third kappa shape index (κ3) is 2.40. The minimum atomic E-state index is 0.965. The summed E-state index contributed by atoms with van der Waals surface area (Å²) >= 11 is 0. The predicted octanol–water partition coefficient (Wildman–Crippen LogP) is 1.03. The van der Waals surface area contributed by atoms with E-state index in [0.29, 0.717) is 0 Å². The second kappa shape index (κ2) is 4.34. The molecular weight excluding hydrogens is 124 g/mol. The van der Waals surface area contributed by atoms with Crippen LogP contribution in [0.4, 0.5) is 0 Å². The summed E-state index contributed by atoms with van der Waals surface area (Å²) in [5.41, 5.74) is 1.33. The second-order valence-electron chi connectivity index (χ2n) is 2.58. The van der Waals surface area contributed by atoms with E-state index in [1.165, 1.54) is 12.1 Å². The molecule has 0 unspecified atom stereocenters. The van der Waals surface area contributed by atoms with Crippen molar-refractivity contribution < 1.29 is 0 Å². The van der Waals surface area contributed by atoms with E-state index in [0.717, 1.165) is 32.5 Å². The lowest BCUT2D eigenvalue weighted by Gasteiger charge is -2.11. The maximum atomic E-state index is 4.39. The van der Waals surface area contributed by atoms with Crippen molar-refractivity contribution in [1.29, 1.82) is 0 Å². The third-order valence-electron chi connectivity index (χ3n) is 1.67. The van der Waals surface area contributed by atoms with E-state index in [9.17, 15) is 0 Å². The predicted molar refractivity (Wildman–Crippen MR) is 44.4 cm³/mol. The van der Waals surface area contributed by atoms with E-state index in [-0.39, 0.29) is 0 Å². The molecule has 1 aliphatic heterocycles. The molecule has 1 aliphatic rings. The van der Waals surface area contributed by atoms with Crippen LogP contribution in [0.15, 0.2) is 4.99 Å². The summed E-state index contributed by atoms with van der Waals surface area (Å²) in [6, 6.07) is 0. The van der Waals surface area contributed by atoms with Gasteiger partial charge in [-0.05, 0) is 12.8 Å². The highest BCUT2D eigenvalue weighted by Gasteiger charge is 2.02. The Morgan fingerprint density at radius 2 is 2.50 bits per heavy atom. The molecule has 1 N–H and O–H groups in total. The quantitative estimate of drug-likeness (QED) is 0.580. The van der Waals surface area contributed by atoms with E-state index in [1.54, 1.807) is 0 Å². The van der Waals surface area contributed by atoms with Crippen LogP contribution in [-0.2, 0) is 0 Å². The smallest absolute Gasteiger partial charge is 0.0854 e. The first-order valence-corrected chi connectivity index (χ1v) is 3.95. The molecule has 10 heavy (non-hydrogen) atoms. The Bertz CT molecular complexity index is 118. The topological polar surface area (TPSA) is 24.4 Å². The van der Waals surface area contributed by atoms with Gasteiger partial charge in [0.2, 0.25) is 0 Å². The van der Waals surface area contributed by atoms with Gasteiger partial charge in [0.05, 0.1) is 19.9 Å². The molecule has 56 valence electrons. The summed E-state index contributed by atoms with van der Waals surface area (Å²) < 4.78 is 0. The summed E-state index contributed by atoms with van der Waals surface area (Å²) in [6.07, 6.45) is 3.34. The minimum absolute atomic E-state index is 0.965. The van der Waals surface area contributed by atoms with Crippen molar-refractivity contribution in [3.63, 3.8) is 0 Å². The van der Waals surface area contributed by atoms with Crippen LogP contribution < -0.4 is 5.32 Å². The number of nitrogens with one attached hydrogen (secondary N) is 1. The van der Waals surface area contributed by atoms with Crippen molar-refractivity contribution in [2.75, 3.05) is 19.6 Å². The zero-order valence-corrected chi connectivity index (χ0v) is 6.40. The summed E-state index contributed by atoms with van der Waals surface area (Å²) in [5.74, 6) is 0. The summed E-state index contributed by atoms with van der Waals surface area (Å²) in [7, 11) is 0. The molecule has 2 nitrogen and oxygen atoms in total. The molecule has 0 atom stereocenters. The SMILES string of the molecule is [CH2+]CCCC1=NCCNC1. The van der Waals surface area contributed by atoms with Crippen LogP contribution in [0.2, 0.25) is 0 Å². The highest BCUT2D eigenvalue weighted by atomic mass is 15.0. The molecule has 0 radical (unpaired) electrons. The maximum absolute atomic E-state index is 4.39. The van der Waals surface area contributed by atoms with Gasteiger partial charge in [-0.1, -0.05) is 0 Å². The van der Waals surface area contributed by atoms with Crippen molar-refractivity contribution in [2.24, 2.45) is 4.99 Å². The van der Waals surface area contributed by atoms with Gasteiger partial charge in [-0.25, -0.2) is 0 Å². The third-order valence-corrected chi connectivity index (χ3v) is 1.67. The Kier molecular flexibility index (Phi) is 3.30. The van der Waals surface area contributed by atoms with Crippen LogP contribution in [0.3, 0.4) is 0 Å². The molecule has 2 heteroatoms. The second-order valence-corrected chi connectivity index (χ2v) is 2.58. The minimum Gasteiger partial charge on any atom is -0.310 e. The lowest BCUT2D eigenvalue weighted by Crippen LogP contribution is -2.30. The molecular formula is C8H15N2+. The van der Waals surface area contributed by atoms with Gasteiger partial charge in [0.1, 0.15) is 0 Å². The Morgan fingerprint density at radius 3 is 3.10 bits per heavy atom. The molecule has 0 amide bonds. The molecule has 0 aromatic carbocycles. The fourth-order valence-corrected chi connectivity index (χ4v) is 1.08. The van der Waals surface area contributed by atoms with E-state index < -0.39 is 0 Å². The first-order chi connectivity index (χ1) is 4.93. The van der Waals surface area contributed by atoms with E-state index in [2.05, 4.69) is 17.2 Å². The van der Waals surface area contributed by atoms with Gasteiger partial charge in [0.15, 0.2) is 0 Å². The largest absolute Gasteiger partial charge is 0.310 e. The number of rotatable bonds is 3. The highest BCUT2D eigenvalue weighted by Crippen LogP contribution is 1.98. The van der Waals surface area contributed by atoms with Crippen LogP contribution in [0.25, 0.3) is 0 Å². The zero-order valence-electron chi connectivity index (χ0n) is 6.40. The van der Waals surface area contributed by atoms with Crippen LogP contribution >= 0.6 is 0 Å². The number of hydrogen-bond acceptors (Lipinski definition) is 2. The van der Waals surface area contributed by atoms with Crippen molar-refractivity contribution in [3.05, 3.63) is 6.92 Å². The van der Waals surface area contributed by atoms with E-state index in [4.69, 9.17) is 0 Å². The number of hydrogen-bond donors (Lipinski definition) is 1. The monoisotopic (exact) mass is 139 g/mol. The number of unbranched alkanes of at least 4 members (excludes halogenated alkanes) is 1. The summed E-state index contributed by atoms with van der Waals surface area (Å²) in [5, 5.41) is 3.29. The Morgan fingerprint density at radius 1 is 1.60 bits per heavy atom. The molecule has 0 fully saturated rings. The Hall–Kier alpha value is -0.500. The summed E-state index contributed by atoms with van der Waals surface area (Å²) in [6.45, 7) is 6.81. The average molecular weight is 139 g/mol. The summed E-state index contributed by atoms with van der Waals surface area (Å²) in [4.78, 5) is 4.39. The molecule has 0 aromatic heterocycles. The number of nitrogens with zero attached hydrogens (tertiary/aromatic N) is 1. The molecule has 0 saturated carbocycles. The highest BCUT2D eigenvalue weighted by molar-refractivity contribution is 5.86. The van der Waals surface area contributed by atoms with Gasteiger partial charge in [0.25, 0.3) is 0 Å². The van der Waals surface area contributed by atoms with Gasteiger partial charge in [-0.15, -0.1) is 0 Å². The zero-order chi connectivity index (χ0) is 7.23. The normalized spacial score (nSPS) is 18.6. The van der Waals surface area contributed by atoms with Crippen molar-refractivity contribution >= 4 is 5.71 Å². The maximum Gasteiger partial charge on any atom is 0.0854 e. The fourth-order valence-electron chi connectivity index (χ4n) is 1.08. The Labute approximate surface area is 62.7 Å². The van der Waals surface area contributed by atoms with Crippen LogP contribution in [0.5, 0.6) is 0 Å². The van der Waals surface area contributed by atoms with Gasteiger partial charge in [-0.3, -0.25) is 4.99 Å². The fraction of sp³-hybridized carbons (Fsp3) is 0.750. The molecule has 0 bridgehead atoms. The molecule has 0 saturated heterocycles. The molecule has 1 rings (SSSR count). The standard InChI is InChI=1S/C8H15N2/c1-2-3-4-8-7-9-5-6-10-8/h9H,1-7H2/q+1. The van der Waals surface area contributed by atoms with E-state index in [1.807, 2.05) is 0 Å². The van der Waals surface area contributed by atoms with Crippen LogP contribution in [0.1, 0.15) is 19.3 Å².